The van der Waals surface area contributed by atoms with E-state index in [2.05, 4.69) is 54.5 Å². The zero-order valence-corrected chi connectivity index (χ0v) is 18.0. The third kappa shape index (κ3) is 3.67. The maximum Gasteiger partial charge on any atom is 0.228 e. The summed E-state index contributed by atoms with van der Waals surface area (Å²) in [7, 11) is 2.12. The van der Waals surface area contributed by atoms with Gasteiger partial charge in [0.2, 0.25) is 5.91 Å². The Labute approximate surface area is 173 Å². The average Bonchev–Trinajstić information content (AvgIpc) is 3.20. The Morgan fingerprint density at radius 3 is 2.86 bits per heavy atom. The van der Waals surface area contributed by atoms with E-state index in [1.807, 2.05) is 13.0 Å². The summed E-state index contributed by atoms with van der Waals surface area (Å²) < 4.78 is 0. The number of nitrogens with zero attached hydrogens (tertiary/aromatic N) is 2. The number of fused-ring (bicyclic) bond motifs is 1. The Kier molecular flexibility index (Phi) is 5.17. The van der Waals surface area contributed by atoms with Gasteiger partial charge < -0.3 is 21.0 Å². The Bertz CT molecular complexity index is 957. The molecule has 1 atom stereocenters. The molecule has 1 aromatic carbocycles. The van der Waals surface area contributed by atoms with Crippen LogP contribution in [-0.4, -0.2) is 36.0 Å². The van der Waals surface area contributed by atoms with Crippen molar-refractivity contribution in [1.29, 1.82) is 0 Å². The van der Waals surface area contributed by atoms with Crippen LogP contribution in [0.5, 0.6) is 0 Å². The molecule has 0 spiro atoms. The Morgan fingerprint density at radius 2 is 2.14 bits per heavy atom. The number of benzene rings is 1. The second kappa shape index (κ2) is 7.50. The molecular formula is C23H33N5O. The molecule has 1 aliphatic carbocycles. The first-order valence-corrected chi connectivity index (χ1v) is 10.7. The summed E-state index contributed by atoms with van der Waals surface area (Å²) in [5.41, 5.74) is 15.6. The lowest BCUT2D eigenvalue weighted by molar-refractivity contribution is -0.118. The van der Waals surface area contributed by atoms with Gasteiger partial charge in [-0.25, -0.2) is 5.01 Å². The van der Waals surface area contributed by atoms with Crippen LogP contribution in [0.2, 0.25) is 0 Å². The number of aromatic nitrogens is 1. The van der Waals surface area contributed by atoms with E-state index < -0.39 is 0 Å². The van der Waals surface area contributed by atoms with Crippen molar-refractivity contribution in [2.45, 2.75) is 52.5 Å². The number of anilines is 1. The lowest BCUT2D eigenvalue weighted by Gasteiger charge is -2.30. The van der Waals surface area contributed by atoms with Crippen molar-refractivity contribution in [2.24, 2.45) is 11.1 Å². The number of nitrogens with one attached hydrogen (secondary N) is 2. The highest BCUT2D eigenvalue weighted by Crippen LogP contribution is 2.46. The topological polar surface area (TPSA) is 77.4 Å². The van der Waals surface area contributed by atoms with Crippen LogP contribution in [0.1, 0.15) is 58.2 Å². The van der Waals surface area contributed by atoms with Crippen molar-refractivity contribution in [3.63, 3.8) is 0 Å². The van der Waals surface area contributed by atoms with Gasteiger partial charge in [-0.1, -0.05) is 19.9 Å². The third-order valence-corrected chi connectivity index (χ3v) is 6.35. The molecule has 0 fully saturated rings. The Morgan fingerprint density at radius 1 is 1.34 bits per heavy atom. The molecule has 6 heteroatoms. The monoisotopic (exact) mass is 395 g/mol. The lowest BCUT2D eigenvalue weighted by Crippen LogP contribution is -2.32. The van der Waals surface area contributed by atoms with Gasteiger partial charge in [-0.2, -0.15) is 0 Å². The fourth-order valence-corrected chi connectivity index (χ4v) is 4.84. The van der Waals surface area contributed by atoms with Crippen LogP contribution in [0, 0.1) is 5.41 Å². The molecule has 1 unspecified atom stereocenters. The van der Waals surface area contributed by atoms with Crippen LogP contribution >= 0.6 is 0 Å². The summed E-state index contributed by atoms with van der Waals surface area (Å²) in [6, 6.07) is 8.69. The standard InChI is InChI=1S/C23H33N5O/c1-5-28(21(29)9-11-24)16-7-6-15-12-19(25-18(15)13-16)22-17-8-10-23(2,3)14-20(17)26-27(22)4/h6-7,12-13,22,25-26H,5,8-11,14,24H2,1-4H3. The number of likely N-dealkylation sites (N-methyl/N-ethyl adjacent to an activating group) is 1. The van der Waals surface area contributed by atoms with E-state index in [-0.39, 0.29) is 11.9 Å². The highest BCUT2D eigenvalue weighted by atomic mass is 16.2. The number of aromatic amines is 1. The van der Waals surface area contributed by atoms with Crippen LogP contribution in [0.25, 0.3) is 10.9 Å². The molecule has 1 aliphatic heterocycles. The Balaban J connectivity index is 1.66. The largest absolute Gasteiger partial charge is 0.357 e. The summed E-state index contributed by atoms with van der Waals surface area (Å²) in [5, 5.41) is 3.39. The number of hydrogen-bond acceptors (Lipinski definition) is 4. The van der Waals surface area contributed by atoms with Crippen LogP contribution in [0.15, 0.2) is 35.5 Å². The molecule has 1 amide bonds. The molecule has 4 rings (SSSR count). The van der Waals surface area contributed by atoms with Gasteiger partial charge in [-0.05, 0) is 60.8 Å². The molecule has 156 valence electrons. The quantitative estimate of drug-likeness (QED) is 0.719. The average molecular weight is 396 g/mol. The molecule has 0 saturated heterocycles. The minimum Gasteiger partial charge on any atom is -0.357 e. The molecule has 6 nitrogen and oxygen atoms in total. The van der Waals surface area contributed by atoms with Gasteiger partial charge in [-0.15, -0.1) is 0 Å². The van der Waals surface area contributed by atoms with Crippen LogP contribution in [-0.2, 0) is 4.79 Å². The van der Waals surface area contributed by atoms with Crippen molar-refractivity contribution in [3.05, 3.63) is 41.2 Å². The fraction of sp³-hybridized carbons (Fsp3) is 0.522. The lowest BCUT2D eigenvalue weighted by atomic mass is 9.75. The van der Waals surface area contributed by atoms with Gasteiger partial charge in [0.1, 0.15) is 0 Å². The molecular weight excluding hydrogens is 362 g/mol. The van der Waals surface area contributed by atoms with Crippen LogP contribution in [0.3, 0.4) is 0 Å². The molecule has 1 aromatic heterocycles. The fourth-order valence-electron chi connectivity index (χ4n) is 4.84. The summed E-state index contributed by atoms with van der Waals surface area (Å²) in [4.78, 5) is 17.8. The second-order valence-corrected chi connectivity index (χ2v) is 9.14. The number of carbonyl (C=O) groups excluding carboxylic acids is 1. The summed E-state index contributed by atoms with van der Waals surface area (Å²) in [5.74, 6) is 0.0699. The van der Waals surface area contributed by atoms with E-state index in [1.165, 1.54) is 28.8 Å². The van der Waals surface area contributed by atoms with Crippen molar-refractivity contribution in [3.8, 4) is 0 Å². The number of nitrogens with two attached hydrogens (primary N) is 1. The van der Waals surface area contributed by atoms with Crippen molar-refractivity contribution in [2.75, 3.05) is 25.0 Å². The van der Waals surface area contributed by atoms with Crippen molar-refractivity contribution < 1.29 is 4.79 Å². The van der Waals surface area contributed by atoms with E-state index >= 15 is 0 Å². The number of rotatable bonds is 5. The third-order valence-electron chi connectivity index (χ3n) is 6.35. The molecule has 2 heterocycles. The maximum absolute atomic E-state index is 12.4. The van der Waals surface area contributed by atoms with E-state index in [0.717, 1.165) is 24.0 Å². The first-order chi connectivity index (χ1) is 13.8. The molecule has 0 saturated carbocycles. The minimum atomic E-state index is 0.0699. The highest BCUT2D eigenvalue weighted by molar-refractivity contribution is 5.96. The zero-order chi connectivity index (χ0) is 20.8. The van der Waals surface area contributed by atoms with Gasteiger partial charge in [-0.3, -0.25) is 4.79 Å². The Hall–Kier alpha value is -2.31. The normalized spacial score (nSPS) is 21.3. The molecule has 2 aliphatic rings. The summed E-state index contributed by atoms with van der Waals surface area (Å²) >= 11 is 0. The predicted molar refractivity (Wildman–Crippen MR) is 118 cm³/mol. The van der Waals surface area contributed by atoms with Gasteiger partial charge in [0.05, 0.1) is 6.04 Å². The zero-order valence-electron chi connectivity index (χ0n) is 18.0. The van der Waals surface area contributed by atoms with Gasteiger partial charge in [0.25, 0.3) is 0 Å². The second-order valence-electron chi connectivity index (χ2n) is 9.14. The van der Waals surface area contributed by atoms with Gasteiger partial charge in [0.15, 0.2) is 0 Å². The number of carbonyl (C=O) groups is 1. The van der Waals surface area contributed by atoms with Crippen molar-refractivity contribution in [1.82, 2.24) is 15.4 Å². The molecule has 2 aromatic rings. The molecule has 4 N–H and O–H groups in total. The van der Waals surface area contributed by atoms with E-state index in [4.69, 9.17) is 5.73 Å². The number of hydrogen-bond donors (Lipinski definition) is 3. The van der Waals surface area contributed by atoms with Gasteiger partial charge in [0, 0.05) is 49.2 Å². The number of H-pyrrole nitrogens is 1. The van der Waals surface area contributed by atoms with Crippen LogP contribution in [0.4, 0.5) is 5.69 Å². The van der Waals surface area contributed by atoms with E-state index in [1.54, 1.807) is 4.90 Å². The highest BCUT2D eigenvalue weighted by Gasteiger charge is 2.38. The number of hydrazine groups is 1. The van der Waals surface area contributed by atoms with Crippen molar-refractivity contribution >= 4 is 22.5 Å². The smallest absolute Gasteiger partial charge is 0.228 e. The maximum atomic E-state index is 12.4. The van der Waals surface area contributed by atoms with Crippen LogP contribution < -0.4 is 16.1 Å². The van der Waals surface area contributed by atoms with Gasteiger partial charge >= 0.3 is 0 Å². The molecule has 29 heavy (non-hydrogen) atoms. The number of allylic oxidation sites excluding steroid dienone is 1. The molecule has 0 radical (unpaired) electrons. The molecule has 0 bridgehead atoms. The van der Waals surface area contributed by atoms with E-state index in [9.17, 15) is 4.79 Å². The predicted octanol–water partition coefficient (Wildman–Crippen LogP) is 3.82. The SMILES string of the molecule is CCN(C(=O)CCN)c1ccc2cc(C3C4=C(CC(C)(C)CC4)NN3C)[nH]c2c1. The van der Waals surface area contributed by atoms with E-state index in [0.29, 0.717) is 24.9 Å². The number of amides is 1. The minimum absolute atomic E-state index is 0.0699. The first-order valence-electron chi connectivity index (χ1n) is 10.7. The summed E-state index contributed by atoms with van der Waals surface area (Å²) in [6.45, 7) is 7.71. The first kappa shape index (κ1) is 20.0. The summed E-state index contributed by atoms with van der Waals surface area (Å²) in [6.07, 6.45) is 3.81.